The molecule has 0 spiro atoms. The largest absolute Gasteiger partial charge is 0.496 e. The fourth-order valence-corrected chi connectivity index (χ4v) is 3.13. The highest BCUT2D eigenvalue weighted by atomic mass is 19.1. The first-order valence-corrected chi connectivity index (χ1v) is 8.45. The van der Waals surface area contributed by atoms with Gasteiger partial charge in [0.25, 0.3) is 5.91 Å². The number of carbonyl (C=O) groups excluding carboxylic acids is 2. The van der Waals surface area contributed by atoms with Crippen LogP contribution in [0.2, 0.25) is 0 Å². The van der Waals surface area contributed by atoms with Crippen LogP contribution < -0.4 is 9.64 Å². The molecule has 1 aliphatic heterocycles. The summed E-state index contributed by atoms with van der Waals surface area (Å²) >= 11 is 0. The minimum absolute atomic E-state index is 0.234. The van der Waals surface area contributed by atoms with Crippen molar-refractivity contribution in [1.82, 2.24) is 4.90 Å². The van der Waals surface area contributed by atoms with Gasteiger partial charge in [0.05, 0.1) is 12.7 Å². The molecule has 0 radical (unpaired) electrons. The van der Waals surface area contributed by atoms with Crippen molar-refractivity contribution in [2.45, 2.75) is 19.9 Å². The predicted octanol–water partition coefficient (Wildman–Crippen LogP) is 3.02. The van der Waals surface area contributed by atoms with Gasteiger partial charge in [-0.1, -0.05) is 18.2 Å². The molecule has 0 bridgehead atoms. The molecule has 26 heavy (non-hydrogen) atoms. The normalized spacial score (nSPS) is 17.4. The SMILES string of the molecule is COc1ccccc1C(=O)N1CCN(c2ccc(C)c(F)c2)C(=O)[C@@H]1C. The van der Waals surface area contributed by atoms with E-state index in [9.17, 15) is 14.0 Å². The van der Waals surface area contributed by atoms with Crippen LogP contribution in [-0.4, -0.2) is 43.0 Å². The molecule has 1 aliphatic rings. The van der Waals surface area contributed by atoms with Crippen molar-refractivity contribution in [2.24, 2.45) is 0 Å². The molecule has 6 heteroatoms. The summed E-state index contributed by atoms with van der Waals surface area (Å²) in [6.07, 6.45) is 0. The van der Waals surface area contributed by atoms with E-state index in [0.29, 0.717) is 35.7 Å². The third-order valence-electron chi connectivity index (χ3n) is 4.72. The van der Waals surface area contributed by atoms with Crippen molar-refractivity contribution in [3.63, 3.8) is 0 Å². The van der Waals surface area contributed by atoms with Gasteiger partial charge in [0, 0.05) is 18.8 Å². The van der Waals surface area contributed by atoms with Gasteiger partial charge in [0.1, 0.15) is 17.6 Å². The van der Waals surface area contributed by atoms with Gasteiger partial charge in [-0.2, -0.15) is 0 Å². The average molecular weight is 356 g/mol. The highest BCUT2D eigenvalue weighted by Gasteiger charge is 2.36. The van der Waals surface area contributed by atoms with Gasteiger partial charge in [-0.3, -0.25) is 9.59 Å². The zero-order valence-electron chi connectivity index (χ0n) is 15.0. The van der Waals surface area contributed by atoms with Crippen LogP contribution in [0.1, 0.15) is 22.8 Å². The van der Waals surface area contributed by atoms with Gasteiger partial charge in [0.15, 0.2) is 0 Å². The Morgan fingerprint density at radius 3 is 2.62 bits per heavy atom. The number of hydrogen-bond donors (Lipinski definition) is 0. The molecule has 136 valence electrons. The molecule has 0 N–H and O–H groups in total. The predicted molar refractivity (Wildman–Crippen MR) is 97.0 cm³/mol. The molecule has 2 aromatic rings. The van der Waals surface area contributed by atoms with E-state index in [-0.39, 0.29) is 17.6 Å². The van der Waals surface area contributed by atoms with Crippen molar-refractivity contribution in [2.75, 3.05) is 25.1 Å². The molecule has 0 unspecified atom stereocenters. The number of amides is 2. The van der Waals surface area contributed by atoms with Gasteiger partial charge >= 0.3 is 0 Å². The number of benzene rings is 2. The second kappa shape index (κ2) is 7.15. The van der Waals surface area contributed by atoms with E-state index in [0.717, 1.165) is 0 Å². The minimum atomic E-state index is -0.648. The van der Waals surface area contributed by atoms with Crippen LogP contribution >= 0.6 is 0 Å². The number of para-hydroxylation sites is 1. The fraction of sp³-hybridized carbons (Fsp3) is 0.300. The highest BCUT2D eigenvalue weighted by Crippen LogP contribution is 2.26. The zero-order valence-corrected chi connectivity index (χ0v) is 15.0. The monoisotopic (exact) mass is 356 g/mol. The molecule has 2 amide bonds. The number of aryl methyl sites for hydroxylation is 1. The summed E-state index contributed by atoms with van der Waals surface area (Å²) < 4.78 is 19.1. The molecule has 1 fully saturated rings. The number of ether oxygens (including phenoxy) is 1. The summed E-state index contributed by atoms with van der Waals surface area (Å²) in [7, 11) is 1.50. The first-order chi connectivity index (χ1) is 12.4. The Labute approximate surface area is 152 Å². The van der Waals surface area contributed by atoms with Crippen molar-refractivity contribution in [3.8, 4) is 5.75 Å². The van der Waals surface area contributed by atoms with E-state index in [1.165, 1.54) is 23.0 Å². The highest BCUT2D eigenvalue weighted by molar-refractivity contribution is 6.04. The van der Waals surface area contributed by atoms with Crippen LogP contribution in [0.3, 0.4) is 0 Å². The van der Waals surface area contributed by atoms with E-state index < -0.39 is 6.04 Å². The molecule has 0 saturated carbocycles. The number of rotatable bonds is 3. The van der Waals surface area contributed by atoms with Crippen LogP contribution in [0.4, 0.5) is 10.1 Å². The standard InChI is InChI=1S/C20H21FN2O3/c1-13-8-9-15(12-17(13)21)23-11-10-22(14(2)19(23)24)20(25)16-6-4-5-7-18(16)26-3/h4-9,12,14H,10-11H2,1-3H3/t14-/m0/s1. The fourth-order valence-electron chi connectivity index (χ4n) is 3.13. The van der Waals surface area contributed by atoms with Crippen molar-refractivity contribution >= 4 is 17.5 Å². The Morgan fingerprint density at radius 1 is 1.19 bits per heavy atom. The quantitative estimate of drug-likeness (QED) is 0.849. The van der Waals surface area contributed by atoms with Crippen molar-refractivity contribution < 1.29 is 18.7 Å². The van der Waals surface area contributed by atoms with Crippen LogP contribution in [0.15, 0.2) is 42.5 Å². The summed E-state index contributed by atoms with van der Waals surface area (Å²) in [4.78, 5) is 28.7. The molecule has 1 atom stereocenters. The summed E-state index contributed by atoms with van der Waals surface area (Å²) in [5, 5.41) is 0. The second-order valence-electron chi connectivity index (χ2n) is 6.30. The number of piperazine rings is 1. The van der Waals surface area contributed by atoms with E-state index in [1.54, 1.807) is 50.2 Å². The van der Waals surface area contributed by atoms with Gasteiger partial charge in [-0.15, -0.1) is 0 Å². The van der Waals surface area contributed by atoms with E-state index in [2.05, 4.69) is 0 Å². The molecule has 3 rings (SSSR count). The number of anilines is 1. The lowest BCUT2D eigenvalue weighted by atomic mass is 10.1. The number of carbonyl (C=O) groups is 2. The Kier molecular flexibility index (Phi) is 4.93. The molecular formula is C20H21FN2O3. The number of hydrogen-bond acceptors (Lipinski definition) is 3. The maximum atomic E-state index is 13.9. The molecule has 0 aromatic heterocycles. The third-order valence-corrected chi connectivity index (χ3v) is 4.72. The average Bonchev–Trinajstić information content (AvgIpc) is 2.65. The number of halogens is 1. The molecule has 1 heterocycles. The molecule has 1 saturated heterocycles. The number of methoxy groups -OCH3 is 1. The van der Waals surface area contributed by atoms with Crippen LogP contribution in [0.25, 0.3) is 0 Å². The lowest BCUT2D eigenvalue weighted by molar-refractivity contribution is -0.124. The molecule has 2 aromatic carbocycles. The molecular weight excluding hydrogens is 335 g/mol. The van der Waals surface area contributed by atoms with Gasteiger partial charge in [-0.05, 0) is 43.7 Å². The zero-order chi connectivity index (χ0) is 18.8. The summed E-state index contributed by atoms with van der Waals surface area (Å²) in [5.41, 5.74) is 1.46. The maximum absolute atomic E-state index is 13.9. The Balaban J connectivity index is 1.83. The second-order valence-corrected chi connectivity index (χ2v) is 6.30. The maximum Gasteiger partial charge on any atom is 0.258 e. The van der Waals surface area contributed by atoms with Gasteiger partial charge < -0.3 is 14.5 Å². The van der Waals surface area contributed by atoms with Gasteiger partial charge in [-0.25, -0.2) is 4.39 Å². The van der Waals surface area contributed by atoms with E-state index >= 15 is 0 Å². The topological polar surface area (TPSA) is 49.9 Å². The van der Waals surface area contributed by atoms with Crippen molar-refractivity contribution in [3.05, 3.63) is 59.4 Å². The molecule has 0 aliphatic carbocycles. The Hall–Kier alpha value is -2.89. The van der Waals surface area contributed by atoms with Crippen LogP contribution in [-0.2, 0) is 4.79 Å². The number of nitrogens with zero attached hydrogens (tertiary/aromatic N) is 2. The summed E-state index contributed by atoms with van der Waals surface area (Å²) in [6, 6.07) is 11.0. The first-order valence-electron chi connectivity index (χ1n) is 8.45. The van der Waals surface area contributed by atoms with E-state index in [1.807, 2.05) is 0 Å². The first kappa shape index (κ1) is 17.9. The summed E-state index contributed by atoms with van der Waals surface area (Å²) in [5.74, 6) is -0.364. The Bertz CT molecular complexity index is 853. The third kappa shape index (κ3) is 3.14. The lowest BCUT2D eigenvalue weighted by Crippen LogP contribution is -2.57. The van der Waals surface area contributed by atoms with Gasteiger partial charge in [0.2, 0.25) is 5.91 Å². The smallest absolute Gasteiger partial charge is 0.258 e. The lowest BCUT2D eigenvalue weighted by Gasteiger charge is -2.39. The van der Waals surface area contributed by atoms with Crippen molar-refractivity contribution in [1.29, 1.82) is 0 Å². The van der Waals surface area contributed by atoms with Crippen LogP contribution in [0.5, 0.6) is 5.75 Å². The summed E-state index contributed by atoms with van der Waals surface area (Å²) in [6.45, 7) is 4.03. The molecule has 5 nitrogen and oxygen atoms in total. The Morgan fingerprint density at radius 2 is 1.92 bits per heavy atom. The van der Waals surface area contributed by atoms with Crippen LogP contribution in [0, 0.1) is 12.7 Å². The minimum Gasteiger partial charge on any atom is -0.496 e. The van der Waals surface area contributed by atoms with E-state index in [4.69, 9.17) is 4.74 Å².